The Morgan fingerprint density at radius 1 is 1.25 bits per heavy atom. The molecule has 1 aromatic carbocycles. The van der Waals surface area contributed by atoms with Gasteiger partial charge in [-0.25, -0.2) is 9.48 Å². The van der Waals surface area contributed by atoms with Crippen molar-refractivity contribution in [3.63, 3.8) is 0 Å². The molecule has 0 unspecified atom stereocenters. The fourth-order valence-electron chi connectivity index (χ4n) is 3.16. The first-order valence-electron chi connectivity index (χ1n) is 9.74. The maximum Gasteiger partial charge on any atom is 0.341 e. The summed E-state index contributed by atoms with van der Waals surface area (Å²) in [7, 11) is 1.57. The number of thiophene rings is 1. The second-order valence-corrected chi connectivity index (χ2v) is 7.52. The third kappa shape index (κ3) is 4.00. The summed E-state index contributed by atoms with van der Waals surface area (Å²) in [5, 5.41) is 13.0. The molecule has 4 rings (SSSR count). The Kier molecular flexibility index (Phi) is 6.04. The van der Waals surface area contributed by atoms with Crippen LogP contribution in [0.15, 0.2) is 52.5 Å². The van der Waals surface area contributed by atoms with E-state index in [0.29, 0.717) is 33.5 Å². The summed E-state index contributed by atoms with van der Waals surface area (Å²) in [6.07, 6.45) is 1.51. The van der Waals surface area contributed by atoms with Crippen LogP contribution in [0.5, 0.6) is 5.75 Å². The quantitative estimate of drug-likeness (QED) is 0.416. The van der Waals surface area contributed by atoms with Gasteiger partial charge in [0.05, 0.1) is 31.4 Å². The number of nitrogens with one attached hydrogen (secondary N) is 1. The second-order valence-electron chi connectivity index (χ2n) is 6.64. The van der Waals surface area contributed by atoms with Crippen LogP contribution in [0.3, 0.4) is 0 Å². The highest BCUT2D eigenvalue weighted by Crippen LogP contribution is 2.36. The summed E-state index contributed by atoms with van der Waals surface area (Å²) in [6.45, 7) is 3.66. The Labute approximate surface area is 187 Å². The van der Waals surface area contributed by atoms with Gasteiger partial charge in [0, 0.05) is 17.0 Å². The van der Waals surface area contributed by atoms with Gasteiger partial charge in [-0.15, -0.1) is 16.4 Å². The number of nitrogens with zero attached hydrogens (tertiary/aromatic N) is 3. The summed E-state index contributed by atoms with van der Waals surface area (Å²) in [4.78, 5) is 25.6. The third-order valence-electron chi connectivity index (χ3n) is 4.69. The van der Waals surface area contributed by atoms with Crippen molar-refractivity contribution < 1.29 is 23.5 Å². The van der Waals surface area contributed by atoms with Crippen LogP contribution < -0.4 is 10.1 Å². The van der Waals surface area contributed by atoms with Gasteiger partial charge in [0.15, 0.2) is 5.69 Å². The summed E-state index contributed by atoms with van der Waals surface area (Å²) < 4.78 is 17.4. The maximum absolute atomic E-state index is 13.0. The number of esters is 1. The molecule has 0 aliphatic rings. The minimum atomic E-state index is -0.549. The van der Waals surface area contributed by atoms with Crippen LogP contribution in [0.4, 0.5) is 5.00 Å². The molecular formula is C22H20N4O5S. The summed E-state index contributed by atoms with van der Waals surface area (Å²) in [6, 6.07) is 10.7. The highest BCUT2D eigenvalue weighted by atomic mass is 32.1. The molecule has 0 aliphatic carbocycles. The normalized spacial score (nSPS) is 10.7. The number of hydrogen-bond donors (Lipinski definition) is 1. The first-order valence-corrected chi connectivity index (χ1v) is 10.6. The Morgan fingerprint density at radius 2 is 2.09 bits per heavy atom. The molecule has 4 aromatic rings. The first kappa shape index (κ1) is 21.3. The fraction of sp³-hybridized carbons (Fsp3) is 0.182. The number of ether oxygens (including phenoxy) is 2. The smallest absolute Gasteiger partial charge is 0.341 e. The van der Waals surface area contributed by atoms with Gasteiger partial charge >= 0.3 is 5.97 Å². The highest BCUT2D eigenvalue weighted by Gasteiger charge is 2.26. The van der Waals surface area contributed by atoms with Crippen molar-refractivity contribution in [2.45, 2.75) is 13.8 Å². The third-order valence-corrected chi connectivity index (χ3v) is 5.59. The minimum Gasteiger partial charge on any atom is -0.497 e. The van der Waals surface area contributed by atoms with Gasteiger partial charge in [-0.3, -0.25) is 4.79 Å². The van der Waals surface area contributed by atoms with Crippen LogP contribution in [0, 0.1) is 6.92 Å². The fourth-order valence-corrected chi connectivity index (χ4v) is 4.09. The number of carbonyl (C=O) groups excluding carboxylic acids is 2. The van der Waals surface area contributed by atoms with E-state index in [1.807, 2.05) is 18.2 Å². The largest absolute Gasteiger partial charge is 0.497 e. The van der Waals surface area contributed by atoms with Gasteiger partial charge in [0.2, 0.25) is 0 Å². The van der Waals surface area contributed by atoms with Crippen LogP contribution >= 0.6 is 11.3 Å². The average molecular weight is 452 g/mol. The van der Waals surface area contributed by atoms with Crippen LogP contribution in [0.2, 0.25) is 0 Å². The topological polar surface area (TPSA) is 108 Å². The number of hydrogen-bond acceptors (Lipinski definition) is 8. The van der Waals surface area contributed by atoms with E-state index >= 15 is 0 Å². The molecule has 0 bridgehead atoms. The molecule has 164 valence electrons. The molecule has 10 heteroatoms. The SMILES string of the molecule is CCOC(=O)c1c(-c2ccco2)csc1NC(=O)c1nnn(-c2cccc(OC)c2)c1C. The average Bonchev–Trinajstić information content (AvgIpc) is 3.53. The molecule has 0 atom stereocenters. The standard InChI is InChI=1S/C22H20N4O5S/c1-4-30-22(28)18-16(17-9-6-10-31-17)12-32-21(18)23-20(27)19-13(2)26(25-24-19)14-7-5-8-15(11-14)29-3/h5-12H,4H2,1-3H3,(H,23,27). The van der Waals surface area contributed by atoms with Crippen molar-refractivity contribution in [2.24, 2.45) is 0 Å². The lowest BCUT2D eigenvalue weighted by Crippen LogP contribution is -2.16. The van der Waals surface area contributed by atoms with Crippen LogP contribution in [0.25, 0.3) is 17.0 Å². The predicted octanol–water partition coefficient (Wildman–Crippen LogP) is 4.33. The molecule has 0 saturated heterocycles. The molecule has 32 heavy (non-hydrogen) atoms. The van der Waals surface area contributed by atoms with E-state index in [4.69, 9.17) is 13.9 Å². The Morgan fingerprint density at radius 3 is 2.81 bits per heavy atom. The van der Waals surface area contributed by atoms with Crippen molar-refractivity contribution >= 4 is 28.2 Å². The molecule has 3 aromatic heterocycles. The number of carbonyl (C=O) groups is 2. The van der Waals surface area contributed by atoms with E-state index in [1.54, 1.807) is 49.2 Å². The summed E-state index contributed by atoms with van der Waals surface area (Å²) in [5.74, 6) is 0.124. The molecule has 0 fully saturated rings. The van der Waals surface area contributed by atoms with Crippen molar-refractivity contribution in [3.05, 3.63) is 65.0 Å². The van der Waals surface area contributed by atoms with Crippen LogP contribution in [-0.2, 0) is 4.74 Å². The van der Waals surface area contributed by atoms with E-state index in [1.165, 1.54) is 17.6 Å². The molecule has 3 heterocycles. The Balaban J connectivity index is 1.65. The lowest BCUT2D eigenvalue weighted by molar-refractivity contribution is 0.0529. The van der Waals surface area contributed by atoms with Gasteiger partial charge in [0.1, 0.15) is 22.1 Å². The zero-order valence-electron chi connectivity index (χ0n) is 17.6. The number of methoxy groups -OCH3 is 1. The van der Waals surface area contributed by atoms with E-state index in [0.717, 1.165) is 0 Å². The second kappa shape index (κ2) is 9.06. The lowest BCUT2D eigenvalue weighted by Gasteiger charge is -2.08. The molecule has 0 saturated carbocycles. The van der Waals surface area contributed by atoms with E-state index in [2.05, 4.69) is 15.6 Å². The summed E-state index contributed by atoms with van der Waals surface area (Å²) in [5.41, 5.74) is 2.16. The van der Waals surface area contributed by atoms with E-state index in [9.17, 15) is 9.59 Å². The minimum absolute atomic E-state index is 0.135. The monoisotopic (exact) mass is 452 g/mol. The number of benzene rings is 1. The first-order chi connectivity index (χ1) is 15.5. The maximum atomic E-state index is 13.0. The van der Waals surface area contributed by atoms with Gasteiger partial charge in [-0.05, 0) is 38.1 Å². The van der Waals surface area contributed by atoms with E-state index in [-0.39, 0.29) is 17.9 Å². The van der Waals surface area contributed by atoms with Gasteiger partial charge in [-0.1, -0.05) is 11.3 Å². The van der Waals surface area contributed by atoms with Gasteiger partial charge in [0.25, 0.3) is 5.91 Å². The van der Waals surface area contributed by atoms with Crippen molar-refractivity contribution in [2.75, 3.05) is 19.0 Å². The molecule has 1 N–H and O–H groups in total. The van der Waals surface area contributed by atoms with Crippen molar-refractivity contribution in [1.29, 1.82) is 0 Å². The van der Waals surface area contributed by atoms with Gasteiger partial charge in [-0.2, -0.15) is 0 Å². The lowest BCUT2D eigenvalue weighted by atomic mass is 10.1. The van der Waals surface area contributed by atoms with Crippen LogP contribution in [0.1, 0.15) is 33.5 Å². The Hall–Kier alpha value is -3.92. The zero-order chi connectivity index (χ0) is 22.7. The molecule has 0 spiro atoms. The van der Waals surface area contributed by atoms with Gasteiger partial charge < -0.3 is 19.2 Å². The predicted molar refractivity (Wildman–Crippen MR) is 119 cm³/mol. The number of rotatable bonds is 7. The number of aromatic nitrogens is 3. The number of amides is 1. The van der Waals surface area contributed by atoms with Crippen molar-refractivity contribution in [3.8, 4) is 22.8 Å². The zero-order valence-corrected chi connectivity index (χ0v) is 18.4. The molecule has 1 amide bonds. The van der Waals surface area contributed by atoms with Crippen molar-refractivity contribution in [1.82, 2.24) is 15.0 Å². The molecule has 0 radical (unpaired) electrons. The Bertz CT molecular complexity index is 1260. The van der Waals surface area contributed by atoms with E-state index < -0.39 is 11.9 Å². The molecule has 0 aliphatic heterocycles. The highest BCUT2D eigenvalue weighted by molar-refractivity contribution is 7.15. The number of anilines is 1. The van der Waals surface area contributed by atoms with Crippen LogP contribution in [-0.4, -0.2) is 40.6 Å². The molecular weight excluding hydrogens is 432 g/mol. The number of furan rings is 1. The molecule has 9 nitrogen and oxygen atoms in total. The summed E-state index contributed by atoms with van der Waals surface area (Å²) >= 11 is 1.20.